The second-order valence-electron chi connectivity index (χ2n) is 5.12. The Hall–Kier alpha value is -0.470. The van der Waals surface area contributed by atoms with Crippen molar-refractivity contribution in [1.29, 1.82) is 0 Å². The molecule has 0 aliphatic rings. The summed E-state index contributed by atoms with van der Waals surface area (Å²) in [6.07, 6.45) is 2.23. The standard InChI is InChI=1S/C15H25NS/c1-5-11(2)10-17-15-7-6-12(3)8-14(15)9-13(4)16/h6-8,11,13H,5,9-10,16H2,1-4H3. The number of aryl methyl sites for hydroxylation is 1. The van der Waals surface area contributed by atoms with Crippen LogP contribution in [-0.2, 0) is 6.42 Å². The molecule has 0 heterocycles. The van der Waals surface area contributed by atoms with Crippen molar-refractivity contribution in [2.45, 2.75) is 51.5 Å². The summed E-state index contributed by atoms with van der Waals surface area (Å²) in [6, 6.07) is 6.96. The van der Waals surface area contributed by atoms with Crippen LogP contribution in [0.15, 0.2) is 23.1 Å². The van der Waals surface area contributed by atoms with E-state index < -0.39 is 0 Å². The van der Waals surface area contributed by atoms with Crippen LogP contribution in [0.1, 0.15) is 38.3 Å². The molecule has 0 radical (unpaired) electrons. The van der Waals surface area contributed by atoms with Crippen LogP contribution in [0.5, 0.6) is 0 Å². The molecule has 2 heteroatoms. The Morgan fingerprint density at radius 2 is 2.00 bits per heavy atom. The quantitative estimate of drug-likeness (QED) is 0.773. The molecule has 0 aliphatic heterocycles. The van der Waals surface area contributed by atoms with Gasteiger partial charge in [0.05, 0.1) is 0 Å². The molecule has 0 saturated carbocycles. The van der Waals surface area contributed by atoms with E-state index in [0.717, 1.165) is 12.3 Å². The lowest BCUT2D eigenvalue weighted by atomic mass is 10.1. The monoisotopic (exact) mass is 251 g/mol. The Kier molecular flexibility index (Phi) is 6.07. The van der Waals surface area contributed by atoms with E-state index >= 15 is 0 Å². The van der Waals surface area contributed by atoms with Crippen LogP contribution < -0.4 is 5.73 Å². The number of hydrogen-bond acceptors (Lipinski definition) is 2. The molecule has 1 aromatic carbocycles. The van der Waals surface area contributed by atoms with Gasteiger partial charge in [-0.05, 0) is 37.8 Å². The highest BCUT2D eigenvalue weighted by Gasteiger charge is 2.07. The highest BCUT2D eigenvalue weighted by molar-refractivity contribution is 7.99. The summed E-state index contributed by atoms with van der Waals surface area (Å²) in [6.45, 7) is 8.79. The number of hydrogen-bond donors (Lipinski definition) is 1. The predicted octanol–water partition coefficient (Wildman–Crippen LogP) is 4.02. The molecule has 1 nitrogen and oxygen atoms in total. The molecular weight excluding hydrogens is 226 g/mol. The van der Waals surface area contributed by atoms with Crippen molar-refractivity contribution in [2.75, 3.05) is 5.75 Å². The number of rotatable bonds is 6. The van der Waals surface area contributed by atoms with Crippen LogP contribution >= 0.6 is 11.8 Å². The molecule has 0 spiro atoms. The van der Waals surface area contributed by atoms with Crippen molar-refractivity contribution < 1.29 is 0 Å². The van der Waals surface area contributed by atoms with Crippen molar-refractivity contribution in [3.8, 4) is 0 Å². The van der Waals surface area contributed by atoms with Crippen molar-refractivity contribution >= 4 is 11.8 Å². The molecule has 1 rings (SSSR count). The van der Waals surface area contributed by atoms with E-state index in [2.05, 4.69) is 45.9 Å². The summed E-state index contributed by atoms with van der Waals surface area (Å²) in [5.74, 6) is 1.98. The summed E-state index contributed by atoms with van der Waals surface area (Å²) >= 11 is 1.97. The summed E-state index contributed by atoms with van der Waals surface area (Å²) in [5.41, 5.74) is 8.65. The molecule has 1 aromatic rings. The fraction of sp³-hybridized carbons (Fsp3) is 0.600. The second kappa shape index (κ2) is 7.07. The third-order valence-corrected chi connectivity index (χ3v) is 4.42. The van der Waals surface area contributed by atoms with E-state index in [4.69, 9.17) is 5.73 Å². The number of benzene rings is 1. The molecule has 96 valence electrons. The summed E-state index contributed by atoms with van der Waals surface area (Å²) in [5, 5.41) is 0. The Bertz CT molecular complexity index is 347. The van der Waals surface area contributed by atoms with Crippen molar-refractivity contribution in [3.05, 3.63) is 29.3 Å². The van der Waals surface area contributed by atoms with Crippen LogP contribution in [0.3, 0.4) is 0 Å². The fourth-order valence-electron chi connectivity index (χ4n) is 1.71. The zero-order valence-corrected chi connectivity index (χ0v) is 12.3. The maximum Gasteiger partial charge on any atom is 0.0105 e. The molecule has 0 amide bonds. The third kappa shape index (κ3) is 5.13. The maximum atomic E-state index is 5.92. The van der Waals surface area contributed by atoms with Gasteiger partial charge in [0.25, 0.3) is 0 Å². The van der Waals surface area contributed by atoms with Gasteiger partial charge in [-0.1, -0.05) is 38.0 Å². The van der Waals surface area contributed by atoms with Gasteiger partial charge in [0.15, 0.2) is 0 Å². The second-order valence-corrected chi connectivity index (χ2v) is 6.18. The van der Waals surface area contributed by atoms with E-state index in [1.54, 1.807) is 0 Å². The molecule has 0 fully saturated rings. The Morgan fingerprint density at radius 1 is 1.29 bits per heavy atom. The van der Waals surface area contributed by atoms with Crippen LogP contribution in [0, 0.1) is 12.8 Å². The first-order valence-electron chi connectivity index (χ1n) is 6.50. The zero-order valence-electron chi connectivity index (χ0n) is 11.5. The topological polar surface area (TPSA) is 26.0 Å². The average Bonchev–Trinajstić information content (AvgIpc) is 2.26. The molecule has 2 atom stereocenters. The molecule has 0 aromatic heterocycles. The van der Waals surface area contributed by atoms with Gasteiger partial charge in [-0.2, -0.15) is 0 Å². The Balaban J connectivity index is 2.75. The van der Waals surface area contributed by atoms with Crippen LogP contribution in [0.25, 0.3) is 0 Å². The molecule has 17 heavy (non-hydrogen) atoms. The first-order chi connectivity index (χ1) is 8.02. The minimum Gasteiger partial charge on any atom is -0.328 e. The first kappa shape index (κ1) is 14.6. The minimum atomic E-state index is 0.236. The van der Waals surface area contributed by atoms with Gasteiger partial charge >= 0.3 is 0 Å². The summed E-state index contributed by atoms with van der Waals surface area (Å²) < 4.78 is 0. The van der Waals surface area contributed by atoms with E-state index in [1.165, 1.54) is 28.2 Å². The maximum absolute atomic E-state index is 5.92. The normalized spacial score (nSPS) is 14.6. The summed E-state index contributed by atoms with van der Waals surface area (Å²) in [4.78, 5) is 1.41. The molecular formula is C15H25NS. The van der Waals surface area contributed by atoms with Gasteiger partial charge in [-0.25, -0.2) is 0 Å². The zero-order chi connectivity index (χ0) is 12.8. The Morgan fingerprint density at radius 3 is 2.59 bits per heavy atom. The van der Waals surface area contributed by atoms with Crippen molar-refractivity contribution in [3.63, 3.8) is 0 Å². The SMILES string of the molecule is CCC(C)CSc1ccc(C)cc1CC(C)N. The third-order valence-electron chi connectivity index (χ3n) is 2.98. The van der Waals surface area contributed by atoms with Crippen molar-refractivity contribution in [2.24, 2.45) is 11.7 Å². The average molecular weight is 251 g/mol. The first-order valence-corrected chi connectivity index (χ1v) is 7.49. The molecule has 0 bridgehead atoms. The van der Waals surface area contributed by atoms with Gasteiger partial charge in [0.1, 0.15) is 0 Å². The van der Waals surface area contributed by atoms with Gasteiger partial charge in [-0.15, -0.1) is 11.8 Å². The van der Waals surface area contributed by atoms with Gasteiger partial charge in [-0.3, -0.25) is 0 Å². The van der Waals surface area contributed by atoms with Crippen molar-refractivity contribution in [1.82, 2.24) is 0 Å². The van der Waals surface area contributed by atoms with E-state index in [1.807, 2.05) is 11.8 Å². The minimum absolute atomic E-state index is 0.236. The predicted molar refractivity (Wildman–Crippen MR) is 78.7 cm³/mol. The summed E-state index contributed by atoms with van der Waals surface area (Å²) in [7, 11) is 0. The lowest BCUT2D eigenvalue weighted by Gasteiger charge is -2.14. The van der Waals surface area contributed by atoms with Gasteiger partial charge < -0.3 is 5.73 Å². The van der Waals surface area contributed by atoms with E-state index in [9.17, 15) is 0 Å². The largest absolute Gasteiger partial charge is 0.328 e. The highest BCUT2D eigenvalue weighted by Crippen LogP contribution is 2.27. The van der Waals surface area contributed by atoms with Crippen LogP contribution in [0.2, 0.25) is 0 Å². The van der Waals surface area contributed by atoms with E-state index in [0.29, 0.717) is 0 Å². The van der Waals surface area contributed by atoms with Crippen LogP contribution in [0.4, 0.5) is 0 Å². The van der Waals surface area contributed by atoms with Crippen LogP contribution in [-0.4, -0.2) is 11.8 Å². The van der Waals surface area contributed by atoms with E-state index in [-0.39, 0.29) is 6.04 Å². The fourth-order valence-corrected chi connectivity index (χ4v) is 2.90. The number of thioether (sulfide) groups is 1. The highest BCUT2D eigenvalue weighted by atomic mass is 32.2. The number of nitrogens with two attached hydrogens (primary N) is 1. The molecule has 0 aliphatic carbocycles. The lowest BCUT2D eigenvalue weighted by molar-refractivity contribution is 0.636. The molecule has 0 saturated heterocycles. The van der Waals surface area contributed by atoms with Gasteiger partial charge in [0.2, 0.25) is 0 Å². The Labute approximate surface area is 110 Å². The molecule has 2 N–H and O–H groups in total. The lowest BCUT2D eigenvalue weighted by Crippen LogP contribution is -2.18. The smallest absolute Gasteiger partial charge is 0.0105 e. The van der Waals surface area contributed by atoms with Gasteiger partial charge in [0, 0.05) is 16.7 Å². The molecule has 2 unspecified atom stereocenters.